The molecular formula is C22H25N5OS. The van der Waals surface area contributed by atoms with Gasteiger partial charge < -0.3 is 5.32 Å². The Morgan fingerprint density at radius 2 is 1.97 bits per heavy atom. The van der Waals surface area contributed by atoms with E-state index in [0.29, 0.717) is 11.7 Å². The molecule has 2 heterocycles. The molecule has 1 atom stereocenters. The Bertz CT molecular complexity index is 1000. The van der Waals surface area contributed by atoms with Crippen molar-refractivity contribution in [2.24, 2.45) is 0 Å². The summed E-state index contributed by atoms with van der Waals surface area (Å²) >= 11 is 1.37. The molecule has 1 N–H and O–H groups in total. The molecule has 0 aliphatic carbocycles. The molecule has 0 aliphatic rings. The predicted molar refractivity (Wildman–Crippen MR) is 117 cm³/mol. The summed E-state index contributed by atoms with van der Waals surface area (Å²) in [5, 5.41) is 12.3. The van der Waals surface area contributed by atoms with Crippen LogP contribution < -0.4 is 5.32 Å². The largest absolute Gasteiger partial charge is 0.349 e. The standard InChI is InChI=1S/C22H25N5OS/c1-5-12-27-21(18-8-10-23-11-9-18)25-26-22(27)29-14-20(28)24-17(4)19-7-6-15(2)16(3)13-19/h5-11,13,17H,1,12,14H2,2-4H3,(H,24,28)/t17-/m0/s1. The van der Waals surface area contributed by atoms with E-state index in [1.807, 2.05) is 23.6 Å². The molecule has 0 unspecified atom stereocenters. The second-order valence-electron chi connectivity index (χ2n) is 6.86. The van der Waals surface area contributed by atoms with Crippen LogP contribution in [-0.4, -0.2) is 31.4 Å². The van der Waals surface area contributed by atoms with Gasteiger partial charge >= 0.3 is 0 Å². The Morgan fingerprint density at radius 3 is 2.66 bits per heavy atom. The lowest BCUT2D eigenvalue weighted by atomic mass is 10.0. The number of amides is 1. The first kappa shape index (κ1) is 20.8. The second-order valence-corrected chi connectivity index (χ2v) is 7.81. The van der Waals surface area contributed by atoms with Crippen LogP contribution in [-0.2, 0) is 11.3 Å². The zero-order valence-corrected chi connectivity index (χ0v) is 17.7. The highest BCUT2D eigenvalue weighted by atomic mass is 32.2. The smallest absolute Gasteiger partial charge is 0.230 e. The van der Waals surface area contributed by atoms with Crippen LogP contribution in [0.4, 0.5) is 0 Å². The highest BCUT2D eigenvalue weighted by molar-refractivity contribution is 7.99. The van der Waals surface area contributed by atoms with E-state index in [2.05, 4.69) is 59.1 Å². The van der Waals surface area contributed by atoms with Gasteiger partial charge in [0, 0.05) is 24.5 Å². The molecule has 29 heavy (non-hydrogen) atoms. The summed E-state index contributed by atoms with van der Waals surface area (Å²) in [6, 6.07) is 9.98. The Morgan fingerprint density at radius 1 is 1.21 bits per heavy atom. The van der Waals surface area contributed by atoms with Gasteiger partial charge in [-0.3, -0.25) is 14.3 Å². The van der Waals surface area contributed by atoms with Gasteiger partial charge in [-0.05, 0) is 49.6 Å². The minimum atomic E-state index is -0.0548. The molecule has 3 aromatic rings. The number of nitrogens with zero attached hydrogens (tertiary/aromatic N) is 4. The van der Waals surface area contributed by atoms with Gasteiger partial charge in [-0.15, -0.1) is 16.8 Å². The lowest BCUT2D eigenvalue weighted by Gasteiger charge is -2.15. The van der Waals surface area contributed by atoms with Crippen LogP contribution >= 0.6 is 11.8 Å². The van der Waals surface area contributed by atoms with Crippen molar-refractivity contribution in [3.8, 4) is 11.4 Å². The Hall–Kier alpha value is -2.93. The van der Waals surface area contributed by atoms with Gasteiger partial charge in [0.2, 0.25) is 5.91 Å². The molecule has 0 saturated carbocycles. The van der Waals surface area contributed by atoms with Crippen molar-refractivity contribution in [3.05, 3.63) is 72.1 Å². The fraction of sp³-hybridized carbons (Fsp3) is 0.273. The maximum atomic E-state index is 12.5. The van der Waals surface area contributed by atoms with Crippen LogP contribution in [0.1, 0.15) is 29.7 Å². The van der Waals surface area contributed by atoms with Crippen molar-refractivity contribution in [1.82, 2.24) is 25.1 Å². The number of thioether (sulfide) groups is 1. The average molecular weight is 408 g/mol. The molecular weight excluding hydrogens is 382 g/mol. The van der Waals surface area contributed by atoms with Crippen molar-refractivity contribution >= 4 is 17.7 Å². The third kappa shape index (κ3) is 5.12. The predicted octanol–water partition coefficient (Wildman–Crippen LogP) is 4.11. The van der Waals surface area contributed by atoms with E-state index < -0.39 is 0 Å². The summed E-state index contributed by atoms with van der Waals surface area (Å²) in [5.41, 5.74) is 4.49. The highest BCUT2D eigenvalue weighted by Crippen LogP contribution is 2.24. The minimum Gasteiger partial charge on any atom is -0.349 e. The third-order valence-electron chi connectivity index (χ3n) is 4.71. The van der Waals surface area contributed by atoms with Crippen molar-refractivity contribution in [3.63, 3.8) is 0 Å². The van der Waals surface area contributed by atoms with Gasteiger partial charge in [0.05, 0.1) is 11.8 Å². The number of hydrogen-bond acceptors (Lipinski definition) is 5. The second kappa shape index (κ2) is 9.52. The molecule has 0 bridgehead atoms. The fourth-order valence-electron chi connectivity index (χ4n) is 2.93. The van der Waals surface area contributed by atoms with Crippen LogP contribution in [0.3, 0.4) is 0 Å². The van der Waals surface area contributed by atoms with Gasteiger partial charge in [0.15, 0.2) is 11.0 Å². The maximum Gasteiger partial charge on any atom is 0.230 e. The van der Waals surface area contributed by atoms with E-state index in [0.717, 1.165) is 17.0 Å². The molecule has 150 valence electrons. The monoisotopic (exact) mass is 407 g/mol. The van der Waals surface area contributed by atoms with E-state index in [1.54, 1.807) is 18.5 Å². The van der Waals surface area contributed by atoms with E-state index in [9.17, 15) is 4.79 Å². The summed E-state index contributed by atoms with van der Waals surface area (Å²) in [7, 11) is 0. The van der Waals surface area contributed by atoms with Crippen molar-refractivity contribution in [2.45, 2.75) is 38.5 Å². The van der Waals surface area contributed by atoms with E-state index in [4.69, 9.17) is 0 Å². The fourth-order valence-corrected chi connectivity index (χ4v) is 3.69. The molecule has 2 aromatic heterocycles. The summed E-state index contributed by atoms with van der Waals surface area (Å²) < 4.78 is 1.95. The third-order valence-corrected chi connectivity index (χ3v) is 5.67. The van der Waals surface area contributed by atoms with Crippen molar-refractivity contribution < 1.29 is 4.79 Å². The van der Waals surface area contributed by atoms with Crippen LogP contribution in [0, 0.1) is 13.8 Å². The molecule has 0 spiro atoms. The number of rotatable bonds is 8. The molecule has 0 fully saturated rings. The molecule has 1 amide bonds. The zero-order chi connectivity index (χ0) is 20.8. The van der Waals surface area contributed by atoms with E-state index >= 15 is 0 Å². The normalized spacial score (nSPS) is 11.8. The molecule has 0 aliphatic heterocycles. The van der Waals surface area contributed by atoms with Gasteiger partial charge in [-0.1, -0.05) is 36.0 Å². The Labute approximate surface area is 175 Å². The molecule has 1 aromatic carbocycles. The SMILES string of the molecule is C=CCn1c(SCC(=O)N[C@@H](C)c2ccc(C)c(C)c2)nnc1-c1ccncc1. The topological polar surface area (TPSA) is 72.7 Å². The summed E-state index contributed by atoms with van der Waals surface area (Å²) in [5.74, 6) is 0.957. The summed E-state index contributed by atoms with van der Waals surface area (Å²) in [6.07, 6.45) is 5.23. The summed E-state index contributed by atoms with van der Waals surface area (Å²) in [6.45, 7) is 10.5. The Kier molecular flexibility index (Phi) is 6.82. The van der Waals surface area contributed by atoms with Gasteiger partial charge in [0.25, 0.3) is 0 Å². The van der Waals surface area contributed by atoms with Crippen molar-refractivity contribution in [1.29, 1.82) is 0 Å². The molecule has 3 rings (SSSR count). The average Bonchev–Trinajstić information content (AvgIpc) is 3.12. The summed E-state index contributed by atoms with van der Waals surface area (Å²) in [4.78, 5) is 16.5. The van der Waals surface area contributed by atoms with Gasteiger partial charge in [0.1, 0.15) is 0 Å². The molecule has 6 nitrogen and oxygen atoms in total. The molecule has 0 saturated heterocycles. The van der Waals surface area contributed by atoms with Crippen LogP contribution in [0.5, 0.6) is 0 Å². The number of aromatic nitrogens is 4. The number of benzene rings is 1. The first-order valence-corrected chi connectivity index (χ1v) is 10.4. The molecule has 7 heteroatoms. The van der Waals surface area contributed by atoms with Crippen molar-refractivity contribution in [2.75, 3.05) is 5.75 Å². The Balaban J connectivity index is 1.66. The lowest BCUT2D eigenvalue weighted by Crippen LogP contribution is -2.28. The first-order chi connectivity index (χ1) is 14.0. The number of aryl methyl sites for hydroxylation is 2. The maximum absolute atomic E-state index is 12.5. The van der Waals surface area contributed by atoms with Crippen LogP contribution in [0.15, 0.2) is 60.5 Å². The van der Waals surface area contributed by atoms with Gasteiger partial charge in [-0.25, -0.2) is 0 Å². The lowest BCUT2D eigenvalue weighted by molar-refractivity contribution is -0.119. The highest BCUT2D eigenvalue weighted by Gasteiger charge is 2.16. The number of carbonyl (C=O) groups excluding carboxylic acids is 1. The number of nitrogens with one attached hydrogen (secondary N) is 1. The number of carbonyl (C=O) groups is 1. The van der Waals surface area contributed by atoms with Gasteiger partial charge in [-0.2, -0.15) is 0 Å². The van der Waals surface area contributed by atoms with Crippen LogP contribution in [0.2, 0.25) is 0 Å². The zero-order valence-electron chi connectivity index (χ0n) is 16.9. The number of pyridine rings is 1. The number of hydrogen-bond donors (Lipinski definition) is 1. The number of allylic oxidation sites excluding steroid dienone is 1. The molecule has 0 radical (unpaired) electrons. The quantitative estimate of drug-likeness (QED) is 0.449. The van der Waals surface area contributed by atoms with Crippen LogP contribution in [0.25, 0.3) is 11.4 Å². The van der Waals surface area contributed by atoms with E-state index in [1.165, 1.54) is 22.9 Å². The minimum absolute atomic E-state index is 0.0423. The van der Waals surface area contributed by atoms with E-state index in [-0.39, 0.29) is 17.7 Å². The first-order valence-electron chi connectivity index (χ1n) is 9.43.